The highest BCUT2D eigenvalue weighted by molar-refractivity contribution is 5.75. The Kier molecular flexibility index (Phi) is 5.85. The molecule has 0 aliphatic heterocycles. The van der Waals surface area contributed by atoms with E-state index in [0.717, 1.165) is 0 Å². The molecule has 0 aliphatic rings. The van der Waals surface area contributed by atoms with Gasteiger partial charge in [-0.25, -0.2) is 9.86 Å². The average molecular weight is 265 g/mol. The maximum Gasteiger partial charge on any atom is 0.332 e. The molecule has 5 heteroatoms. The van der Waals surface area contributed by atoms with Crippen LogP contribution in [0.2, 0.25) is 0 Å². The molecule has 0 bridgehead atoms. The summed E-state index contributed by atoms with van der Waals surface area (Å²) in [6.45, 7) is 5.76. The van der Waals surface area contributed by atoms with Crippen LogP contribution in [0.1, 0.15) is 33.6 Å². The Balaban J connectivity index is 2.96. The zero-order valence-corrected chi connectivity index (χ0v) is 11.5. The SMILES string of the molecule is CCC(=O)Oc1ccccc1N(CC)OC(=O)CC. The normalized spacial score (nSPS) is 9.84. The van der Waals surface area contributed by atoms with Gasteiger partial charge in [-0.2, -0.15) is 0 Å². The van der Waals surface area contributed by atoms with Crippen molar-refractivity contribution in [1.82, 2.24) is 0 Å². The van der Waals surface area contributed by atoms with E-state index in [0.29, 0.717) is 18.0 Å². The minimum absolute atomic E-state index is 0.285. The second-order valence-electron chi connectivity index (χ2n) is 3.81. The zero-order valence-electron chi connectivity index (χ0n) is 11.5. The molecule has 0 radical (unpaired) electrons. The van der Waals surface area contributed by atoms with Crippen molar-refractivity contribution in [2.45, 2.75) is 33.6 Å². The van der Waals surface area contributed by atoms with Crippen molar-refractivity contribution >= 4 is 17.6 Å². The fourth-order valence-corrected chi connectivity index (χ4v) is 1.42. The Bertz CT molecular complexity index is 445. The molecular weight excluding hydrogens is 246 g/mol. The highest BCUT2D eigenvalue weighted by Gasteiger charge is 2.16. The predicted octanol–water partition coefficient (Wildman–Crippen LogP) is 2.70. The average Bonchev–Trinajstić information content (AvgIpc) is 2.45. The van der Waals surface area contributed by atoms with Gasteiger partial charge in [0, 0.05) is 12.8 Å². The van der Waals surface area contributed by atoms with Crippen molar-refractivity contribution in [3.63, 3.8) is 0 Å². The second-order valence-corrected chi connectivity index (χ2v) is 3.81. The summed E-state index contributed by atoms with van der Waals surface area (Å²) < 4.78 is 5.22. The highest BCUT2D eigenvalue weighted by atomic mass is 16.7. The fourth-order valence-electron chi connectivity index (χ4n) is 1.42. The molecule has 0 aromatic heterocycles. The van der Waals surface area contributed by atoms with Crippen LogP contribution in [0.4, 0.5) is 5.69 Å². The zero-order chi connectivity index (χ0) is 14.3. The maximum absolute atomic E-state index is 11.4. The number of ether oxygens (including phenoxy) is 1. The first-order valence-electron chi connectivity index (χ1n) is 6.40. The van der Waals surface area contributed by atoms with Crippen molar-refractivity contribution in [3.05, 3.63) is 24.3 Å². The van der Waals surface area contributed by atoms with E-state index in [1.54, 1.807) is 38.1 Å². The number of carbonyl (C=O) groups is 2. The van der Waals surface area contributed by atoms with E-state index in [9.17, 15) is 9.59 Å². The summed E-state index contributed by atoms with van der Waals surface area (Å²) in [5.41, 5.74) is 0.564. The number of rotatable bonds is 6. The van der Waals surface area contributed by atoms with Crippen LogP contribution in [0.15, 0.2) is 24.3 Å². The van der Waals surface area contributed by atoms with Gasteiger partial charge in [-0.3, -0.25) is 4.79 Å². The Hall–Kier alpha value is -2.04. The largest absolute Gasteiger partial charge is 0.424 e. The fraction of sp³-hybridized carbons (Fsp3) is 0.429. The molecule has 0 N–H and O–H groups in total. The molecule has 0 spiro atoms. The van der Waals surface area contributed by atoms with E-state index in [1.807, 2.05) is 6.92 Å². The first-order valence-corrected chi connectivity index (χ1v) is 6.40. The molecule has 0 saturated carbocycles. The van der Waals surface area contributed by atoms with Gasteiger partial charge in [0.25, 0.3) is 0 Å². The number of hydrogen-bond acceptors (Lipinski definition) is 5. The second kappa shape index (κ2) is 7.41. The molecule has 0 aliphatic carbocycles. The first-order chi connectivity index (χ1) is 9.12. The van der Waals surface area contributed by atoms with Gasteiger partial charge in [0.2, 0.25) is 0 Å². The molecule has 0 atom stereocenters. The Labute approximate surface area is 113 Å². The number of nitrogens with zero attached hydrogens (tertiary/aromatic N) is 1. The predicted molar refractivity (Wildman–Crippen MR) is 71.8 cm³/mol. The van der Waals surface area contributed by atoms with Crippen molar-refractivity contribution in [2.24, 2.45) is 0 Å². The summed E-state index contributed by atoms with van der Waals surface area (Å²) in [5.74, 6) is -0.274. The minimum Gasteiger partial charge on any atom is -0.424 e. The molecular formula is C14H19NO4. The molecule has 1 rings (SSSR count). The minimum atomic E-state index is -0.335. The summed E-state index contributed by atoms with van der Waals surface area (Å²) in [5, 5.41) is 1.42. The third kappa shape index (κ3) is 4.28. The van der Waals surface area contributed by atoms with Crippen LogP contribution in [0.5, 0.6) is 5.75 Å². The van der Waals surface area contributed by atoms with E-state index in [1.165, 1.54) is 5.06 Å². The van der Waals surface area contributed by atoms with Crippen LogP contribution in [0, 0.1) is 0 Å². The molecule has 0 fully saturated rings. The van der Waals surface area contributed by atoms with Crippen LogP contribution >= 0.6 is 0 Å². The first kappa shape index (κ1) is 15.0. The van der Waals surface area contributed by atoms with E-state index >= 15 is 0 Å². The maximum atomic E-state index is 11.4. The lowest BCUT2D eigenvalue weighted by molar-refractivity contribution is -0.144. The standard InChI is InChI=1S/C14H19NO4/c1-4-13(16)18-12-10-8-7-9-11(12)15(6-3)19-14(17)5-2/h7-10H,4-6H2,1-3H3. The number of esters is 1. The highest BCUT2D eigenvalue weighted by Crippen LogP contribution is 2.28. The van der Waals surface area contributed by atoms with E-state index < -0.39 is 0 Å². The third-order valence-electron chi connectivity index (χ3n) is 2.43. The van der Waals surface area contributed by atoms with Crippen LogP contribution in [0.25, 0.3) is 0 Å². The number of hydrogen-bond donors (Lipinski definition) is 0. The lowest BCUT2D eigenvalue weighted by Crippen LogP contribution is -2.27. The topological polar surface area (TPSA) is 55.8 Å². The lowest BCUT2D eigenvalue weighted by Gasteiger charge is -2.23. The number of benzene rings is 1. The summed E-state index contributed by atoms with van der Waals surface area (Å²) in [6.07, 6.45) is 0.572. The number of anilines is 1. The summed E-state index contributed by atoms with van der Waals surface area (Å²) in [4.78, 5) is 27.9. The quantitative estimate of drug-likeness (QED) is 0.449. The van der Waals surface area contributed by atoms with E-state index in [-0.39, 0.29) is 24.8 Å². The van der Waals surface area contributed by atoms with Crippen molar-refractivity contribution in [2.75, 3.05) is 11.6 Å². The van der Waals surface area contributed by atoms with Crippen molar-refractivity contribution < 1.29 is 19.2 Å². The molecule has 1 aromatic carbocycles. The molecule has 0 amide bonds. The van der Waals surface area contributed by atoms with Gasteiger partial charge in [-0.1, -0.05) is 26.0 Å². The third-order valence-corrected chi connectivity index (χ3v) is 2.43. The number of hydroxylamine groups is 1. The summed E-state index contributed by atoms with van der Waals surface area (Å²) >= 11 is 0. The lowest BCUT2D eigenvalue weighted by atomic mass is 10.3. The summed E-state index contributed by atoms with van der Waals surface area (Å²) in [6, 6.07) is 6.97. The van der Waals surface area contributed by atoms with Gasteiger partial charge in [0.15, 0.2) is 5.75 Å². The van der Waals surface area contributed by atoms with Gasteiger partial charge >= 0.3 is 11.9 Å². The smallest absolute Gasteiger partial charge is 0.332 e. The van der Waals surface area contributed by atoms with Gasteiger partial charge in [0.1, 0.15) is 5.69 Å². The van der Waals surface area contributed by atoms with Crippen LogP contribution in [0.3, 0.4) is 0 Å². The molecule has 0 unspecified atom stereocenters. The van der Waals surface area contributed by atoms with Gasteiger partial charge in [0.05, 0.1) is 6.54 Å². The molecule has 0 saturated heterocycles. The van der Waals surface area contributed by atoms with Crippen molar-refractivity contribution in [1.29, 1.82) is 0 Å². The van der Waals surface area contributed by atoms with E-state index in [2.05, 4.69) is 0 Å². The molecule has 19 heavy (non-hydrogen) atoms. The van der Waals surface area contributed by atoms with E-state index in [4.69, 9.17) is 9.57 Å². The molecule has 1 aromatic rings. The van der Waals surface area contributed by atoms with Crippen LogP contribution < -0.4 is 9.80 Å². The molecule has 104 valence electrons. The molecule has 5 nitrogen and oxygen atoms in total. The van der Waals surface area contributed by atoms with Crippen molar-refractivity contribution in [3.8, 4) is 5.75 Å². The van der Waals surface area contributed by atoms with Crippen LogP contribution in [-0.2, 0) is 14.4 Å². The Morgan fingerprint density at radius 2 is 1.68 bits per heavy atom. The van der Waals surface area contributed by atoms with Crippen LogP contribution in [-0.4, -0.2) is 18.5 Å². The Morgan fingerprint density at radius 1 is 1.05 bits per heavy atom. The van der Waals surface area contributed by atoms with Gasteiger partial charge in [-0.15, -0.1) is 0 Å². The molecule has 0 heterocycles. The van der Waals surface area contributed by atoms with Gasteiger partial charge in [-0.05, 0) is 19.1 Å². The number of carbonyl (C=O) groups excluding carboxylic acids is 2. The van der Waals surface area contributed by atoms with Gasteiger partial charge < -0.3 is 9.57 Å². The summed E-state index contributed by atoms with van der Waals surface area (Å²) in [7, 11) is 0. The number of para-hydroxylation sites is 2. The Morgan fingerprint density at radius 3 is 2.26 bits per heavy atom. The monoisotopic (exact) mass is 265 g/mol.